The lowest BCUT2D eigenvalue weighted by atomic mass is 10.2. The summed E-state index contributed by atoms with van der Waals surface area (Å²) in [4.78, 5) is 7.45. The number of pyridine rings is 1. The number of nitrogen functional groups attached to an aromatic ring is 1. The van der Waals surface area contributed by atoms with Crippen molar-refractivity contribution in [3.8, 4) is 0 Å². The van der Waals surface area contributed by atoms with Crippen molar-refractivity contribution in [2.75, 3.05) is 0 Å². The quantitative estimate of drug-likeness (QED) is 0.672. The van der Waals surface area contributed by atoms with Crippen molar-refractivity contribution in [3.05, 3.63) is 35.3 Å². The minimum atomic E-state index is -4.57. The molecule has 0 fully saturated rings. The fourth-order valence-corrected chi connectivity index (χ4v) is 2.23. The fraction of sp³-hybridized carbons (Fsp3) is 0.182. The first-order valence-electron chi connectivity index (χ1n) is 5.30. The smallest absolute Gasteiger partial charge is 0.433 e. The maximum Gasteiger partial charge on any atom is 0.433 e. The van der Waals surface area contributed by atoms with Crippen molar-refractivity contribution in [2.24, 2.45) is 5.73 Å². The molecule has 0 radical (unpaired) electrons. The normalized spacial score (nSPS) is 11.6. The third kappa shape index (κ3) is 3.10. The zero-order valence-corrected chi connectivity index (χ0v) is 11.0. The molecule has 2 rings (SSSR count). The summed E-state index contributed by atoms with van der Waals surface area (Å²) in [6.45, 7) is 1.68. The van der Waals surface area contributed by atoms with E-state index in [9.17, 15) is 13.2 Å². The van der Waals surface area contributed by atoms with E-state index in [1.54, 1.807) is 6.92 Å². The topological polar surface area (TPSA) is 88.8 Å². The molecular weight excluding hydrogens is 293 g/mol. The molecule has 3 N–H and O–H groups in total. The number of nitrogens with two attached hydrogens (primary N) is 1. The van der Waals surface area contributed by atoms with Crippen LogP contribution in [-0.2, 0) is 6.18 Å². The van der Waals surface area contributed by atoms with Crippen LogP contribution in [0.15, 0.2) is 33.1 Å². The molecule has 0 atom stereocenters. The predicted molar refractivity (Wildman–Crippen MR) is 65.6 cm³/mol. The number of hydrogen-bond donors (Lipinski definition) is 2. The van der Waals surface area contributed by atoms with E-state index in [-0.39, 0.29) is 21.6 Å². The molecule has 9 heteroatoms. The van der Waals surface area contributed by atoms with E-state index in [0.717, 1.165) is 23.9 Å². The lowest BCUT2D eigenvalue weighted by Gasteiger charge is -2.10. The van der Waals surface area contributed by atoms with Crippen molar-refractivity contribution in [1.82, 2.24) is 9.97 Å². The predicted octanol–water partition coefficient (Wildman–Crippen LogP) is 2.83. The number of oxazole rings is 1. The third-order valence-corrected chi connectivity index (χ3v) is 3.09. The van der Waals surface area contributed by atoms with Gasteiger partial charge >= 0.3 is 6.18 Å². The van der Waals surface area contributed by atoms with E-state index in [1.165, 1.54) is 6.26 Å². The molecule has 5 nitrogen and oxygen atoms in total. The lowest BCUT2D eigenvalue weighted by Crippen LogP contribution is -2.16. The van der Waals surface area contributed by atoms with Gasteiger partial charge in [0.25, 0.3) is 5.22 Å². The highest BCUT2D eigenvalue weighted by Gasteiger charge is 2.33. The molecule has 106 valence electrons. The molecular formula is C11H9F3N4OS. The molecule has 0 bridgehead atoms. The molecule has 0 saturated carbocycles. The van der Waals surface area contributed by atoms with Crippen LogP contribution in [-0.4, -0.2) is 15.8 Å². The van der Waals surface area contributed by atoms with Gasteiger partial charge in [0.2, 0.25) is 0 Å². The summed E-state index contributed by atoms with van der Waals surface area (Å²) in [5.74, 6) is -0.378. The van der Waals surface area contributed by atoms with Gasteiger partial charge in [0, 0.05) is 5.56 Å². The van der Waals surface area contributed by atoms with Gasteiger partial charge in [-0.05, 0) is 30.8 Å². The second-order valence-electron chi connectivity index (χ2n) is 3.82. The summed E-state index contributed by atoms with van der Waals surface area (Å²) in [6, 6.07) is 1.89. The number of amidine groups is 1. The molecule has 0 unspecified atom stereocenters. The van der Waals surface area contributed by atoms with Gasteiger partial charge in [0.05, 0.1) is 5.69 Å². The molecule has 0 aliphatic carbocycles. The van der Waals surface area contributed by atoms with Crippen LogP contribution in [0.5, 0.6) is 0 Å². The molecule has 2 aromatic rings. The molecule has 0 aliphatic rings. The maximum absolute atomic E-state index is 12.6. The highest BCUT2D eigenvalue weighted by Crippen LogP contribution is 2.33. The van der Waals surface area contributed by atoms with Gasteiger partial charge < -0.3 is 10.2 Å². The summed E-state index contributed by atoms with van der Waals surface area (Å²) in [5, 5.41) is 7.43. The van der Waals surface area contributed by atoms with Crippen LogP contribution in [0.4, 0.5) is 13.2 Å². The Kier molecular flexibility index (Phi) is 3.71. The molecule has 20 heavy (non-hydrogen) atoms. The van der Waals surface area contributed by atoms with Crippen LogP contribution < -0.4 is 5.73 Å². The summed E-state index contributed by atoms with van der Waals surface area (Å²) >= 11 is 0.784. The maximum atomic E-state index is 12.6. The van der Waals surface area contributed by atoms with Crippen molar-refractivity contribution in [2.45, 2.75) is 23.3 Å². The van der Waals surface area contributed by atoms with E-state index in [0.29, 0.717) is 5.69 Å². The van der Waals surface area contributed by atoms with Gasteiger partial charge in [0.15, 0.2) is 0 Å². The minimum Gasteiger partial charge on any atom is -0.439 e. The number of aromatic nitrogens is 2. The summed E-state index contributed by atoms with van der Waals surface area (Å²) in [5.41, 5.74) is 4.95. The number of halogens is 3. The van der Waals surface area contributed by atoms with Crippen molar-refractivity contribution < 1.29 is 17.6 Å². The number of aryl methyl sites for hydroxylation is 1. The Morgan fingerprint density at radius 3 is 2.55 bits per heavy atom. The number of alkyl halides is 3. The van der Waals surface area contributed by atoms with Crippen molar-refractivity contribution in [3.63, 3.8) is 0 Å². The molecule has 0 spiro atoms. The SMILES string of the molecule is Cc1coc(Sc2nc(C(F)(F)F)ccc2C(=N)N)n1. The van der Waals surface area contributed by atoms with Crippen LogP contribution in [0.1, 0.15) is 17.0 Å². The van der Waals surface area contributed by atoms with Gasteiger partial charge in [0.1, 0.15) is 22.8 Å². The Morgan fingerprint density at radius 2 is 2.05 bits per heavy atom. The second kappa shape index (κ2) is 5.16. The molecule has 2 heterocycles. The fourth-order valence-electron chi connectivity index (χ4n) is 1.34. The first kappa shape index (κ1) is 14.4. The Morgan fingerprint density at radius 1 is 1.35 bits per heavy atom. The van der Waals surface area contributed by atoms with Crippen LogP contribution in [0.2, 0.25) is 0 Å². The van der Waals surface area contributed by atoms with Crippen molar-refractivity contribution in [1.29, 1.82) is 5.41 Å². The summed E-state index contributed by atoms with van der Waals surface area (Å²) in [7, 11) is 0. The highest BCUT2D eigenvalue weighted by molar-refractivity contribution is 7.99. The Bertz CT molecular complexity index is 653. The molecule has 0 saturated heterocycles. The first-order valence-corrected chi connectivity index (χ1v) is 6.11. The molecule has 0 aromatic carbocycles. The van der Waals surface area contributed by atoms with Gasteiger partial charge in [-0.25, -0.2) is 9.97 Å². The number of rotatable bonds is 3. The number of hydrogen-bond acceptors (Lipinski definition) is 5. The van der Waals surface area contributed by atoms with Crippen LogP contribution >= 0.6 is 11.8 Å². The van der Waals surface area contributed by atoms with Gasteiger partial charge in [-0.1, -0.05) is 0 Å². The van der Waals surface area contributed by atoms with Crippen molar-refractivity contribution >= 4 is 17.6 Å². The standard InChI is InChI=1S/C11H9F3N4OS/c1-5-4-19-10(17-5)20-9-6(8(15)16)2-3-7(18-9)11(12,13)14/h2-4H,1H3,(H3,15,16). The minimum absolute atomic E-state index is 0.0748. The summed E-state index contributed by atoms with van der Waals surface area (Å²) < 4.78 is 43.0. The zero-order valence-electron chi connectivity index (χ0n) is 10.2. The second-order valence-corrected chi connectivity index (χ2v) is 4.76. The van der Waals surface area contributed by atoms with E-state index >= 15 is 0 Å². The first-order chi connectivity index (χ1) is 9.27. The average Bonchev–Trinajstić information content (AvgIpc) is 2.73. The average molecular weight is 302 g/mol. The van der Waals surface area contributed by atoms with E-state index in [1.807, 2.05) is 0 Å². The van der Waals surface area contributed by atoms with E-state index in [4.69, 9.17) is 15.6 Å². The Labute approximate surface area is 115 Å². The Balaban J connectivity index is 2.44. The van der Waals surface area contributed by atoms with Crippen LogP contribution in [0.25, 0.3) is 0 Å². The van der Waals surface area contributed by atoms with Gasteiger partial charge in [-0.15, -0.1) is 0 Å². The molecule has 2 aromatic heterocycles. The van der Waals surface area contributed by atoms with E-state index < -0.39 is 11.9 Å². The lowest BCUT2D eigenvalue weighted by molar-refractivity contribution is -0.141. The highest BCUT2D eigenvalue weighted by atomic mass is 32.2. The molecule has 0 aliphatic heterocycles. The van der Waals surface area contributed by atoms with Gasteiger partial charge in [-0.3, -0.25) is 5.41 Å². The monoisotopic (exact) mass is 302 g/mol. The van der Waals surface area contributed by atoms with Gasteiger partial charge in [-0.2, -0.15) is 13.2 Å². The number of nitrogens with one attached hydrogen (secondary N) is 1. The van der Waals surface area contributed by atoms with Crippen LogP contribution in [0.3, 0.4) is 0 Å². The van der Waals surface area contributed by atoms with E-state index in [2.05, 4.69) is 9.97 Å². The molecule has 0 amide bonds. The zero-order chi connectivity index (χ0) is 14.9. The Hall–Kier alpha value is -2.03. The largest absolute Gasteiger partial charge is 0.439 e. The number of nitrogens with zero attached hydrogens (tertiary/aromatic N) is 2. The summed E-state index contributed by atoms with van der Waals surface area (Å²) in [6.07, 6.45) is -3.21. The third-order valence-electron chi connectivity index (χ3n) is 2.22. The van der Waals surface area contributed by atoms with Crippen LogP contribution in [0, 0.1) is 12.3 Å².